The maximum Gasteiger partial charge on any atom is 0.253 e. The summed E-state index contributed by atoms with van der Waals surface area (Å²) in [5.41, 5.74) is 0.170. The van der Waals surface area contributed by atoms with Crippen molar-refractivity contribution >= 4 is 5.91 Å². The molecule has 3 aliphatic rings. The van der Waals surface area contributed by atoms with Gasteiger partial charge in [-0.15, -0.1) is 0 Å². The average Bonchev–Trinajstić information content (AvgIpc) is 2.99. The van der Waals surface area contributed by atoms with Crippen LogP contribution in [0.3, 0.4) is 0 Å². The van der Waals surface area contributed by atoms with Gasteiger partial charge in [-0.2, -0.15) is 0 Å². The summed E-state index contributed by atoms with van der Waals surface area (Å²) in [6, 6.07) is 4.34. The van der Waals surface area contributed by atoms with Gasteiger partial charge >= 0.3 is 0 Å². The van der Waals surface area contributed by atoms with Gasteiger partial charge in [0.25, 0.3) is 5.91 Å². The van der Waals surface area contributed by atoms with Crippen LogP contribution in [0.25, 0.3) is 0 Å². The second-order valence-electron chi connectivity index (χ2n) is 10.0. The molecule has 0 aromatic heterocycles. The summed E-state index contributed by atoms with van der Waals surface area (Å²) >= 11 is 0. The molecular weight excluding hydrogens is 372 g/mol. The van der Waals surface area contributed by atoms with E-state index in [1.165, 1.54) is 18.9 Å². The van der Waals surface area contributed by atoms with Crippen LogP contribution in [0.5, 0.6) is 0 Å². The molecule has 1 aromatic rings. The summed E-state index contributed by atoms with van der Waals surface area (Å²) in [6.07, 6.45) is 3.76. The second-order valence-corrected chi connectivity index (χ2v) is 10.0. The Morgan fingerprint density at radius 2 is 1.93 bits per heavy atom. The molecule has 1 aromatic carbocycles. The van der Waals surface area contributed by atoms with Crippen molar-refractivity contribution in [3.63, 3.8) is 0 Å². The first-order valence-corrected chi connectivity index (χ1v) is 10.9. The van der Waals surface area contributed by atoms with Gasteiger partial charge in [0.15, 0.2) is 11.6 Å². The van der Waals surface area contributed by atoms with E-state index in [1.54, 1.807) is 0 Å². The Morgan fingerprint density at radius 3 is 2.62 bits per heavy atom. The molecule has 1 amide bonds. The standard InChI is InChI=1S/C23H33F2N3O/c1-14(2)28-10-5-6-16-20-19(26-21(16)28)9-11-27(13-23(20,3)4)22(29)15-7-8-17(24)18(25)12-15/h7-8,12,14,16,19-21,26H,5-6,9-11,13H2,1-4H3. The van der Waals surface area contributed by atoms with Crippen molar-refractivity contribution in [2.75, 3.05) is 19.6 Å². The third-order valence-electron chi connectivity index (χ3n) is 7.32. The molecule has 3 saturated heterocycles. The van der Waals surface area contributed by atoms with E-state index in [0.717, 1.165) is 25.1 Å². The molecule has 4 rings (SSSR count). The van der Waals surface area contributed by atoms with Crippen LogP contribution in [0.15, 0.2) is 18.2 Å². The van der Waals surface area contributed by atoms with Crippen LogP contribution < -0.4 is 5.32 Å². The number of likely N-dealkylation sites (tertiary alicyclic amines) is 2. The zero-order chi connectivity index (χ0) is 20.9. The molecule has 29 heavy (non-hydrogen) atoms. The van der Waals surface area contributed by atoms with E-state index in [-0.39, 0.29) is 16.9 Å². The largest absolute Gasteiger partial charge is 0.338 e. The number of benzene rings is 1. The van der Waals surface area contributed by atoms with Crippen molar-refractivity contribution in [3.8, 4) is 0 Å². The Bertz CT molecular complexity index is 781. The minimum absolute atomic E-state index is 0.0538. The molecule has 160 valence electrons. The van der Waals surface area contributed by atoms with Crippen molar-refractivity contribution in [3.05, 3.63) is 35.4 Å². The lowest BCUT2D eigenvalue weighted by Crippen LogP contribution is -2.53. The molecule has 0 bridgehead atoms. The highest BCUT2D eigenvalue weighted by Crippen LogP contribution is 2.48. The third-order valence-corrected chi connectivity index (χ3v) is 7.32. The molecule has 6 heteroatoms. The second kappa shape index (κ2) is 7.62. The Balaban J connectivity index is 1.56. The molecule has 3 fully saturated rings. The topological polar surface area (TPSA) is 35.6 Å². The van der Waals surface area contributed by atoms with E-state index in [4.69, 9.17) is 0 Å². The first-order valence-electron chi connectivity index (χ1n) is 10.9. The van der Waals surface area contributed by atoms with Gasteiger partial charge in [0.05, 0.1) is 6.17 Å². The zero-order valence-electron chi connectivity index (χ0n) is 17.9. The molecule has 0 radical (unpaired) electrons. The van der Waals surface area contributed by atoms with Crippen LogP contribution in [0.1, 0.15) is 57.3 Å². The number of carbonyl (C=O) groups is 1. The number of halogens is 2. The van der Waals surface area contributed by atoms with Gasteiger partial charge in [0, 0.05) is 30.7 Å². The lowest BCUT2D eigenvalue weighted by molar-refractivity contribution is 0.0270. The van der Waals surface area contributed by atoms with Gasteiger partial charge in [0.1, 0.15) is 0 Å². The number of nitrogens with zero attached hydrogens (tertiary/aromatic N) is 2. The zero-order valence-corrected chi connectivity index (χ0v) is 17.9. The first kappa shape index (κ1) is 20.7. The SMILES string of the molecule is CC(C)N1CCCC2C1NC1CCN(C(=O)c3ccc(F)c(F)c3)CC(C)(C)C12. The lowest BCUT2D eigenvalue weighted by atomic mass is 9.67. The van der Waals surface area contributed by atoms with Gasteiger partial charge in [-0.1, -0.05) is 13.8 Å². The van der Waals surface area contributed by atoms with Crippen molar-refractivity contribution in [2.24, 2.45) is 17.3 Å². The molecule has 0 spiro atoms. The van der Waals surface area contributed by atoms with Crippen LogP contribution in [-0.4, -0.2) is 53.6 Å². The molecular formula is C23H33F2N3O. The average molecular weight is 406 g/mol. The summed E-state index contributed by atoms with van der Waals surface area (Å²) in [5, 5.41) is 3.92. The minimum atomic E-state index is -0.970. The van der Waals surface area contributed by atoms with E-state index in [9.17, 15) is 13.6 Å². The molecule has 4 unspecified atom stereocenters. The maximum atomic E-state index is 13.7. The highest BCUT2D eigenvalue weighted by Gasteiger charge is 2.54. The summed E-state index contributed by atoms with van der Waals surface area (Å²) in [7, 11) is 0. The van der Waals surface area contributed by atoms with Crippen LogP contribution >= 0.6 is 0 Å². The number of nitrogens with one attached hydrogen (secondary N) is 1. The maximum absolute atomic E-state index is 13.7. The van der Waals surface area contributed by atoms with Gasteiger partial charge in [-0.05, 0) is 75.1 Å². The Labute approximate surface area is 172 Å². The molecule has 4 nitrogen and oxygen atoms in total. The quantitative estimate of drug-likeness (QED) is 0.811. The summed E-state index contributed by atoms with van der Waals surface area (Å²) in [4.78, 5) is 17.5. The van der Waals surface area contributed by atoms with Crippen LogP contribution in [0.2, 0.25) is 0 Å². The predicted molar refractivity (Wildman–Crippen MR) is 109 cm³/mol. The van der Waals surface area contributed by atoms with E-state index in [1.807, 2.05) is 4.90 Å². The van der Waals surface area contributed by atoms with Crippen molar-refractivity contribution in [1.82, 2.24) is 15.1 Å². The van der Waals surface area contributed by atoms with E-state index >= 15 is 0 Å². The number of hydrogen-bond donors (Lipinski definition) is 1. The third kappa shape index (κ3) is 3.70. The molecule has 0 saturated carbocycles. The number of piperidine rings is 1. The molecule has 4 atom stereocenters. The summed E-state index contributed by atoms with van der Waals surface area (Å²) in [6.45, 7) is 11.5. The van der Waals surface area contributed by atoms with Gasteiger partial charge in [0.2, 0.25) is 0 Å². The van der Waals surface area contributed by atoms with Crippen molar-refractivity contribution < 1.29 is 13.6 Å². The van der Waals surface area contributed by atoms with Gasteiger partial charge in [-0.25, -0.2) is 8.78 Å². The van der Waals surface area contributed by atoms with E-state index < -0.39 is 11.6 Å². The molecule has 3 aliphatic heterocycles. The fourth-order valence-electron chi connectivity index (χ4n) is 6.19. The first-order chi connectivity index (χ1) is 13.7. The fourth-order valence-corrected chi connectivity index (χ4v) is 6.19. The van der Waals surface area contributed by atoms with Crippen LogP contribution in [-0.2, 0) is 0 Å². The summed E-state index contributed by atoms with van der Waals surface area (Å²) < 4.78 is 26.9. The molecule has 3 heterocycles. The number of rotatable bonds is 2. The smallest absolute Gasteiger partial charge is 0.253 e. The normalized spacial score (nSPS) is 32.0. The van der Waals surface area contributed by atoms with Gasteiger partial charge < -0.3 is 4.90 Å². The number of fused-ring (bicyclic) bond motifs is 3. The Morgan fingerprint density at radius 1 is 1.17 bits per heavy atom. The highest BCUT2D eigenvalue weighted by molar-refractivity contribution is 5.94. The number of amides is 1. The number of carbonyl (C=O) groups excluding carboxylic acids is 1. The number of hydrogen-bond acceptors (Lipinski definition) is 3. The lowest BCUT2D eigenvalue weighted by Gasteiger charge is -2.44. The van der Waals surface area contributed by atoms with E-state index in [2.05, 4.69) is 37.9 Å². The molecule has 0 aliphatic carbocycles. The molecule has 1 N–H and O–H groups in total. The summed E-state index contributed by atoms with van der Waals surface area (Å²) in [5.74, 6) is -1.01. The predicted octanol–water partition coefficient (Wildman–Crippen LogP) is 3.87. The van der Waals surface area contributed by atoms with Crippen molar-refractivity contribution in [2.45, 2.75) is 65.2 Å². The monoisotopic (exact) mass is 405 g/mol. The van der Waals surface area contributed by atoms with Crippen LogP contribution in [0.4, 0.5) is 8.78 Å². The minimum Gasteiger partial charge on any atom is -0.338 e. The Hall–Kier alpha value is -1.53. The highest BCUT2D eigenvalue weighted by atomic mass is 19.2. The van der Waals surface area contributed by atoms with Gasteiger partial charge in [-0.3, -0.25) is 15.0 Å². The Kier molecular flexibility index (Phi) is 5.45. The van der Waals surface area contributed by atoms with Crippen molar-refractivity contribution in [1.29, 1.82) is 0 Å². The fraction of sp³-hybridized carbons (Fsp3) is 0.696. The van der Waals surface area contributed by atoms with Crippen LogP contribution in [0, 0.1) is 28.9 Å². The van der Waals surface area contributed by atoms with E-state index in [0.29, 0.717) is 43.2 Å².